The Morgan fingerprint density at radius 3 is 2.60 bits per heavy atom. The van der Waals surface area contributed by atoms with Gasteiger partial charge in [0.05, 0.1) is 14.7 Å². The average molecular weight is 297 g/mol. The van der Waals surface area contributed by atoms with Gasteiger partial charge in [-0.15, -0.1) is 11.3 Å². The summed E-state index contributed by atoms with van der Waals surface area (Å²) in [7, 11) is 0. The maximum atomic E-state index is 12.3. The van der Waals surface area contributed by atoms with Crippen LogP contribution in [0.4, 0.5) is 5.69 Å². The molecule has 6 nitrogen and oxygen atoms in total. The van der Waals surface area contributed by atoms with Crippen molar-refractivity contribution in [2.75, 3.05) is 13.1 Å². The summed E-state index contributed by atoms with van der Waals surface area (Å²) in [5, 5.41) is 10.8. The van der Waals surface area contributed by atoms with Gasteiger partial charge >= 0.3 is 0 Å². The van der Waals surface area contributed by atoms with E-state index in [2.05, 4.69) is 0 Å². The molecule has 0 bridgehead atoms. The van der Waals surface area contributed by atoms with Gasteiger partial charge in [-0.05, 0) is 32.6 Å². The molecular weight excluding hydrogens is 278 g/mol. The number of amides is 1. The van der Waals surface area contributed by atoms with Gasteiger partial charge in [-0.25, -0.2) is 0 Å². The summed E-state index contributed by atoms with van der Waals surface area (Å²) in [4.78, 5) is 25.5. The molecule has 1 saturated heterocycles. The van der Waals surface area contributed by atoms with Crippen molar-refractivity contribution >= 4 is 22.9 Å². The summed E-state index contributed by atoms with van der Waals surface area (Å²) in [5.74, 6) is 0.354. The zero-order chi connectivity index (χ0) is 14.9. The van der Waals surface area contributed by atoms with Gasteiger partial charge in [0.1, 0.15) is 0 Å². The first-order valence-electron chi connectivity index (χ1n) is 6.70. The lowest BCUT2D eigenvalue weighted by Gasteiger charge is -2.33. The number of hydrogen-bond acceptors (Lipinski definition) is 5. The number of aryl methyl sites for hydroxylation is 1. The highest BCUT2D eigenvalue weighted by Crippen LogP contribution is 2.30. The molecule has 7 heteroatoms. The monoisotopic (exact) mass is 297 g/mol. The Morgan fingerprint density at radius 1 is 1.55 bits per heavy atom. The van der Waals surface area contributed by atoms with E-state index in [0.717, 1.165) is 12.8 Å². The minimum Gasteiger partial charge on any atom is -0.338 e. The average Bonchev–Trinajstić information content (AvgIpc) is 2.80. The normalized spacial score (nSPS) is 18.1. The maximum Gasteiger partial charge on any atom is 0.283 e. The molecule has 2 heterocycles. The van der Waals surface area contributed by atoms with Gasteiger partial charge < -0.3 is 10.6 Å². The van der Waals surface area contributed by atoms with Gasteiger partial charge in [-0.1, -0.05) is 0 Å². The van der Waals surface area contributed by atoms with E-state index in [1.165, 1.54) is 17.4 Å². The minimum absolute atomic E-state index is 0.0313. The number of carbonyl (C=O) groups is 1. The Bertz CT molecular complexity index is 519. The summed E-state index contributed by atoms with van der Waals surface area (Å²) in [6.45, 7) is 5.02. The molecule has 2 N–H and O–H groups in total. The van der Waals surface area contributed by atoms with Crippen molar-refractivity contribution in [3.63, 3.8) is 0 Å². The van der Waals surface area contributed by atoms with Gasteiger partial charge in [0.25, 0.3) is 11.6 Å². The molecule has 0 radical (unpaired) electrons. The second-order valence-corrected chi connectivity index (χ2v) is 6.55. The number of nitrogens with zero attached hydrogens (tertiary/aromatic N) is 2. The zero-order valence-electron chi connectivity index (χ0n) is 11.7. The third-order valence-corrected chi connectivity index (χ3v) is 4.90. The van der Waals surface area contributed by atoms with Gasteiger partial charge in [-0.3, -0.25) is 14.9 Å². The highest BCUT2D eigenvalue weighted by molar-refractivity contribution is 7.14. The number of nitrogens with two attached hydrogens (primary N) is 1. The van der Waals surface area contributed by atoms with Crippen LogP contribution < -0.4 is 5.73 Å². The Balaban J connectivity index is 2.06. The molecule has 0 saturated carbocycles. The molecule has 2 rings (SSSR count). The van der Waals surface area contributed by atoms with Crippen LogP contribution in [-0.2, 0) is 0 Å². The van der Waals surface area contributed by atoms with Crippen LogP contribution in [0, 0.1) is 23.0 Å². The highest BCUT2D eigenvalue weighted by atomic mass is 32.1. The van der Waals surface area contributed by atoms with Gasteiger partial charge in [-0.2, -0.15) is 0 Å². The van der Waals surface area contributed by atoms with Crippen LogP contribution in [0.5, 0.6) is 0 Å². The Hall–Kier alpha value is -1.47. The molecule has 1 unspecified atom stereocenters. The third-order valence-electron chi connectivity index (χ3n) is 3.87. The van der Waals surface area contributed by atoms with E-state index in [9.17, 15) is 14.9 Å². The second-order valence-electron chi connectivity index (χ2n) is 5.30. The molecule has 0 spiro atoms. The molecule has 1 aromatic rings. The predicted octanol–water partition coefficient (Wildman–Crippen LogP) is 2.16. The van der Waals surface area contributed by atoms with Crippen LogP contribution in [0.15, 0.2) is 6.07 Å². The van der Waals surface area contributed by atoms with Crippen molar-refractivity contribution in [1.82, 2.24) is 4.90 Å². The predicted molar refractivity (Wildman–Crippen MR) is 78.0 cm³/mol. The standard InChI is InChI=1S/C13H19N3O3S/c1-8(14)10-3-5-15(6-4-10)13(17)12-7-11(16(18)19)9(2)20-12/h7-8,10H,3-6,14H2,1-2H3. The smallest absolute Gasteiger partial charge is 0.283 e. The fraction of sp³-hybridized carbons (Fsp3) is 0.615. The Labute approximate surface area is 121 Å². The lowest BCUT2D eigenvalue weighted by molar-refractivity contribution is -0.385. The first kappa shape index (κ1) is 14.9. The molecular formula is C13H19N3O3S. The van der Waals surface area contributed by atoms with Crippen molar-refractivity contribution in [1.29, 1.82) is 0 Å². The van der Waals surface area contributed by atoms with Crippen LogP contribution >= 0.6 is 11.3 Å². The second kappa shape index (κ2) is 5.88. The lowest BCUT2D eigenvalue weighted by Crippen LogP contribution is -2.42. The molecule has 1 aliphatic heterocycles. The molecule has 0 aliphatic carbocycles. The van der Waals surface area contributed by atoms with Crippen LogP contribution in [0.3, 0.4) is 0 Å². The fourth-order valence-electron chi connectivity index (χ4n) is 2.54. The van der Waals surface area contributed by atoms with E-state index in [0.29, 0.717) is 28.8 Å². The summed E-state index contributed by atoms with van der Waals surface area (Å²) >= 11 is 1.19. The van der Waals surface area contributed by atoms with Crippen molar-refractivity contribution in [3.8, 4) is 0 Å². The Kier molecular flexibility index (Phi) is 4.39. The molecule has 20 heavy (non-hydrogen) atoms. The topological polar surface area (TPSA) is 89.5 Å². The number of rotatable bonds is 3. The summed E-state index contributed by atoms with van der Waals surface area (Å²) < 4.78 is 0. The number of hydrogen-bond donors (Lipinski definition) is 1. The fourth-order valence-corrected chi connectivity index (χ4v) is 3.50. The molecule has 1 amide bonds. The van der Waals surface area contributed by atoms with Crippen molar-refractivity contribution in [2.45, 2.75) is 32.7 Å². The largest absolute Gasteiger partial charge is 0.338 e. The lowest BCUT2D eigenvalue weighted by atomic mass is 9.91. The summed E-state index contributed by atoms with van der Waals surface area (Å²) in [6.07, 6.45) is 1.80. The third kappa shape index (κ3) is 2.99. The van der Waals surface area contributed by atoms with Crippen LogP contribution in [0.1, 0.15) is 34.3 Å². The van der Waals surface area contributed by atoms with Crippen LogP contribution in [0.25, 0.3) is 0 Å². The molecule has 110 valence electrons. The van der Waals surface area contributed by atoms with Crippen molar-refractivity contribution < 1.29 is 9.72 Å². The van der Waals surface area contributed by atoms with Gasteiger partial charge in [0.15, 0.2) is 0 Å². The maximum absolute atomic E-state index is 12.3. The van der Waals surface area contributed by atoms with E-state index >= 15 is 0 Å². The number of carbonyl (C=O) groups excluding carboxylic acids is 1. The van der Waals surface area contributed by atoms with E-state index in [4.69, 9.17) is 5.73 Å². The van der Waals surface area contributed by atoms with E-state index in [1.54, 1.807) is 11.8 Å². The molecule has 1 atom stereocenters. The SMILES string of the molecule is Cc1sc(C(=O)N2CCC(C(C)N)CC2)cc1[N+](=O)[O-]. The van der Waals surface area contributed by atoms with E-state index in [1.807, 2.05) is 6.92 Å². The number of nitro groups is 1. The molecule has 1 fully saturated rings. The van der Waals surface area contributed by atoms with E-state index in [-0.39, 0.29) is 17.6 Å². The minimum atomic E-state index is -0.440. The molecule has 1 aliphatic rings. The zero-order valence-corrected chi connectivity index (χ0v) is 12.5. The number of piperidine rings is 1. The highest BCUT2D eigenvalue weighted by Gasteiger charge is 2.28. The van der Waals surface area contributed by atoms with E-state index < -0.39 is 4.92 Å². The van der Waals surface area contributed by atoms with Crippen molar-refractivity contribution in [3.05, 3.63) is 25.9 Å². The first-order valence-corrected chi connectivity index (χ1v) is 7.51. The van der Waals surface area contributed by atoms with Gasteiger partial charge in [0.2, 0.25) is 0 Å². The summed E-state index contributed by atoms with van der Waals surface area (Å²) in [6, 6.07) is 1.54. The molecule has 1 aromatic heterocycles. The van der Waals surface area contributed by atoms with Gasteiger partial charge in [0, 0.05) is 25.2 Å². The summed E-state index contributed by atoms with van der Waals surface area (Å²) in [5.41, 5.74) is 5.91. The van der Waals surface area contributed by atoms with Crippen molar-refractivity contribution in [2.24, 2.45) is 11.7 Å². The first-order chi connectivity index (χ1) is 9.40. The van der Waals surface area contributed by atoms with Crippen LogP contribution in [-0.4, -0.2) is 34.9 Å². The number of thiophene rings is 1. The molecule has 0 aromatic carbocycles. The van der Waals surface area contributed by atoms with Crippen LogP contribution in [0.2, 0.25) is 0 Å². The quantitative estimate of drug-likeness (QED) is 0.684. The number of likely N-dealkylation sites (tertiary alicyclic amines) is 1. The Morgan fingerprint density at radius 2 is 2.15 bits per heavy atom.